The zero-order valence-corrected chi connectivity index (χ0v) is 17.2. The van der Waals surface area contributed by atoms with Crippen LogP contribution >= 0.6 is 0 Å². The van der Waals surface area contributed by atoms with E-state index in [1.54, 1.807) is 7.11 Å². The Kier molecular flexibility index (Phi) is 5.88. The molecule has 2 aromatic heterocycles. The molecule has 7 heteroatoms. The molecule has 3 heterocycles. The van der Waals surface area contributed by atoms with Crippen LogP contribution in [0.15, 0.2) is 54.6 Å². The highest BCUT2D eigenvalue weighted by molar-refractivity contribution is 5.92. The minimum atomic E-state index is -0.107. The van der Waals surface area contributed by atoms with E-state index in [-0.39, 0.29) is 11.8 Å². The Labute approximate surface area is 176 Å². The van der Waals surface area contributed by atoms with E-state index >= 15 is 0 Å². The molecule has 3 aromatic rings. The maximum Gasteiger partial charge on any atom is 0.230 e. The number of piperidine rings is 1. The van der Waals surface area contributed by atoms with E-state index < -0.39 is 0 Å². The standard InChI is InChI=1S/C23H25N5O2/c1-16-5-3-7-21(24-16)25-23(29)18-6-4-14-28(15-18)22-13-12-20(26-27-22)17-8-10-19(30-2)11-9-17/h3,5,7-13,18H,4,6,14-15H2,1-2H3,(H,24,25,29). The lowest BCUT2D eigenvalue weighted by molar-refractivity contribution is -0.120. The summed E-state index contributed by atoms with van der Waals surface area (Å²) in [7, 11) is 1.65. The number of carbonyl (C=O) groups is 1. The molecule has 154 valence electrons. The zero-order valence-electron chi connectivity index (χ0n) is 17.2. The van der Waals surface area contributed by atoms with Crippen LogP contribution < -0.4 is 15.0 Å². The van der Waals surface area contributed by atoms with E-state index in [0.29, 0.717) is 12.4 Å². The van der Waals surface area contributed by atoms with Crippen molar-refractivity contribution in [2.24, 2.45) is 5.92 Å². The van der Waals surface area contributed by atoms with Gasteiger partial charge in [-0.25, -0.2) is 4.98 Å². The number of hydrogen-bond donors (Lipinski definition) is 1. The largest absolute Gasteiger partial charge is 0.497 e. The van der Waals surface area contributed by atoms with Gasteiger partial charge in [0.05, 0.1) is 18.7 Å². The van der Waals surface area contributed by atoms with Gasteiger partial charge < -0.3 is 15.0 Å². The van der Waals surface area contributed by atoms with Crippen molar-refractivity contribution in [3.05, 3.63) is 60.3 Å². The lowest BCUT2D eigenvalue weighted by Gasteiger charge is -2.32. The van der Waals surface area contributed by atoms with Gasteiger partial charge in [0, 0.05) is 24.3 Å². The number of aromatic nitrogens is 3. The molecule has 0 radical (unpaired) electrons. The van der Waals surface area contributed by atoms with Crippen molar-refractivity contribution >= 4 is 17.5 Å². The minimum absolute atomic E-state index is 0.000567. The molecule has 1 fully saturated rings. The number of nitrogens with one attached hydrogen (secondary N) is 1. The van der Waals surface area contributed by atoms with Crippen LogP contribution in [0.25, 0.3) is 11.3 Å². The van der Waals surface area contributed by atoms with Crippen molar-refractivity contribution in [3.8, 4) is 17.0 Å². The SMILES string of the molecule is COc1ccc(-c2ccc(N3CCCC(C(=O)Nc4cccc(C)n4)C3)nn2)cc1. The highest BCUT2D eigenvalue weighted by Crippen LogP contribution is 2.25. The molecule has 0 saturated carbocycles. The van der Waals surface area contributed by atoms with Gasteiger partial charge in [-0.1, -0.05) is 6.07 Å². The van der Waals surface area contributed by atoms with Crippen LogP contribution in [-0.4, -0.2) is 41.3 Å². The predicted octanol–water partition coefficient (Wildman–Crippen LogP) is 3.71. The van der Waals surface area contributed by atoms with Crippen LogP contribution in [0.1, 0.15) is 18.5 Å². The summed E-state index contributed by atoms with van der Waals surface area (Å²) >= 11 is 0. The highest BCUT2D eigenvalue weighted by Gasteiger charge is 2.27. The van der Waals surface area contributed by atoms with Crippen LogP contribution in [0.2, 0.25) is 0 Å². The number of nitrogens with zero attached hydrogens (tertiary/aromatic N) is 4. The van der Waals surface area contributed by atoms with Crippen molar-refractivity contribution in [1.29, 1.82) is 0 Å². The van der Waals surface area contributed by atoms with Crippen LogP contribution in [0.3, 0.4) is 0 Å². The third kappa shape index (κ3) is 4.56. The molecule has 1 aromatic carbocycles. The van der Waals surface area contributed by atoms with Crippen LogP contribution in [-0.2, 0) is 4.79 Å². The molecule has 7 nitrogen and oxygen atoms in total. The van der Waals surface area contributed by atoms with Crippen LogP contribution in [0.4, 0.5) is 11.6 Å². The van der Waals surface area contributed by atoms with Gasteiger partial charge in [-0.2, -0.15) is 0 Å². The third-order valence-corrected chi connectivity index (χ3v) is 5.29. The summed E-state index contributed by atoms with van der Waals surface area (Å²) in [6.45, 7) is 3.39. The molecule has 1 N–H and O–H groups in total. The predicted molar refractivity (Wildman–Crippen MR) is 117 cm³/mol. The number of benzene rings is 1. The summed E-state index contributed by atoms with van der Waals surface area (Å²) in [5.74, 6) is 2.09. The lowest BCUT2D eigenvalue weighted by atomic mass is 9.97. The Morgan fingerprint density at radius 2 is 1.93 bits per heavy atom. The zero-order chi connectivity index (χ0) is 20.9. The third-order valence-electron chi connectivity index (χ3n) is 5.29. The molecule has 30 heavy (non-hydrogen) atoms. The molecule has 0 spiro atoms. The summed E-state index contributed by atoms with van der Waals surface area (Å²) < 4.78 is 5.20. The van der Waals surface area contributed by atoms with Crippen molar-refractivity contribution in [2.75, 3.05) is 30.4 Å². The van der Waals surface area contributed by atoms with Gasteiger partial charge in [0.1, 0.15) is 11.6 Å². The maximum atomic E-state index is 12.7. The molecule has 1 atom stereocenters. The number of rotatable bonds is 5. The molecule has 1 aliphatic heterocycles. The highest BCUT2D eigenvalue weighted by atomic mass is 16.5. The fourth-order valence-corrected chi connectivity index (χ4v) is 3.65. The topological polar surface area (TPSA) is 80.2 Å². The second-order valence-electron chi connectivity index (χ2n) is 7.44. The van der Waals surface area contributed by atoms with Gasteiger partial charge in [0.15, 0.2) is 5.82 Å². The van der Waals surface area contributed by atoms with E-state index in [2.05, 4.69) is 25.4 Å². The van der Waals surface area contributed by atoms with Crippen LogP contribution in [0, 0.1) is 12.8 Å². The Balaban J connectivity index is 1.41. The fourth-order valence-electron chi connectivity index (χ4n) is 3.65. The second-order valence-corrected chi connectivity index (χ2v) is 7.44. The van der Waals surface area contributed by atoms with Crippen molar-refractivity contribution in [1.82, 2.24) is 15.2 Å². The smallest absolute Gasteiger partial charge is 0.230 e. The number of methoxy groups -OCH3 is 1. The Morgan fingerprint density at radius 1 is 1.10 bits per heavy atom. The number of ether oxygens (including phenoxy) is 1. The molecule has 4 rings (SSSR count). The summed E-state index contributed by atoms with van der Waals surface area (Å²) in [6, 6.07) is 17.3. The monoisotopic (exact) mass is 403 g/mol. The molecular formula is C23H25N5O2. The summed E-state index contributed by atoms with van der Waals surface area (Å²) in [6.07, 6.45) is 1.78. The van der Waals surface area contributed by atoms with Crippen LogP contribution in [0.5, 0.6) is 5.75 Å². The first kappa shape index (κ1) is 19.8. The number of aryl methyl sites for hydroxylation is 1. The van der Waals surface area contributed by atoms with Crippen molar-refractivity contribution in [2.45, 2.75) is 19.8 Å². The average Bonchev–Trinajstić information content (AvgIpc) is 2.79. The van der Waals surface area contributed by atoms with E-state index in [0.717, 1.165) is 47.9 Å². The Bertz CT molecular complexity index is 1000. The first-order valence-electron chi connectivity index (χ1n) is 10.1. The number of carbonyl (C=O) groups excluding carboxylic acids is 1. The van der Waals surface area contributed by atoms with E-state index in [1.165, 1.54) is 0 Å². The number of hydrogen-bond acceptors (Lipinski definition) is 6. The molecule has 0 bridgehead atoms. The minimum Gasteiger partial charge on any atom is -0.497 e. The fraction of sp³-hybridized carbons (Fsp3) is 0.304. The molecule has 1 aliphatic rings. The van der Waals surface area contributed by atoms with Crippen molar-refractivity contribution < 1.29 is 9.53 Å². The van der Waals surface area contributed by atoms with Gasteiger partial charge >= 0.3 is 0 Å². The van der Waals surface area contributed by atoms with Gasteiger partial charge in [-0.15, -0.1) is 10.2 Å². The number of anilines is 2. The first-order valence-corrected chi connectivity index (χ1v) is 10.1. The van der Waals surface area contributed by atoms with E-state index in [4.69, 9.17) is 4.74 Å². The van der Waals surface area contributed by atoms with Crippen molar-refractivity contribution in [3.63, 3.8) is 0 Å². The quantitative estimate of drug-likeness (QED) is 0.700. The lowest BCUT2D eigenvalue weighted by Crippen LogP contribution is -2.41. The normalized spacial score (nSPS) is 16.2. The molecular weight excluding hydrogens is 378 g/mol. The summed E-state index contributed by atoms with van der Waals surface area (Å²) in [4.78, 5) is 19.2. The Hall–Kier alpha value is -3.48. The van der Waals surface area contributed by atoms with E-state index in [9.17, 15) is 4.79 Å². The second kappa shape index (κ2) is 8.90. The van der Waals surface area contributed by atoms with Gasteiger partial charge in [-0.05, 0) is 68.3 Å². The molecule has 1 saturated heterocycles. The summed E-state index contributed by atoms with van der Waals surface area (Å²) in [5.41, 5.74) is 2.67. The van der Waals surface area contributed by atoms with Gasteiger partial charge in [-0.3, -0.25) is 4.79 Å². The summed E-state index contributed by atoms with van der Waals surface area (Å²) in [5, 5.41) is 11.7. The van der Waals surface area contributed by atoms with Gasteiger partial charge in [0.2, 0.25) is 5.91 Å². The maximum absolute atomic E-state index is 12.7. The van der Waals surface area contributed by atoms with Gasteiger partial charge in [0.25, 0.3) is 0 Å². The first-order chi connectivity index (χ1) is 14.6. The molecule has 0 aliphatic carbocycles. The Morgan fingerprint density at radius 3 is 2.63 bits per heavy atom. The molecule has 1 amide bonds. The van der Waals surface area contributed by atoms with E-state index in [1.807, 2.05) is 61.5 Å². The number of amides is 1. The average molecular weight is 403 g/mol. The number of pyridine rings is 1. The molecule has 1 unspecified atom stereocenters.